The molecule has 2 N–H and O–H groups in total. The lowest BCUT2D eigenvalue weighted by Crippen LogP contribution is -2.52. The molecular weight excluding hydrogens is 390 g/mol. The van der Waals surface area contributed by atoms with Gasteiger partial charge in [-0.25, -0.2) is 0 Å². The maximum absolute atomic E-state index is 13.1. The average molecular weight is 424 g/mol. The lowest BCUT2D eigenvalue weighted by molar-refractivity contribution is -0.124. The van der Waals surface area contributed by atoms with E-state index in [1.54, 1.807) is 6.07 Å². The van der Waals surface area contributed by atoms with Gasteiger partial charge in [0.15, 0.2) is 0 Å². The van der Waals surface area contributed by atoms with Crippen molar-refractivity contribution in [1.29, 1.82) is 0 Å². The number of hydrogen-bond donors (Lipinski definition) is 2. The minimum atomic E-state index is -0.603. The van der Waals surface area contributed by atoms with E-state index in [-0.39, 0.29) is 23.8 Å². The second kappa shape index (κ2) is 11.1. The Balaban J connectivity index is 1.67. The molecule has 0 radical (unpaired) electrons. The Bertz CT molecular complexity index is 863. The van der Waals surface area contributed by atoms with Crippen LogP contribution < -0.4 is 10.6 Å². The maximum Gasteiger partial charge on any atom is 0.251 e. The second-order valence-electron chi connectivity index (χ2n) is 8.38. The van der Waals surface area contributed by atoms with Gasteiger partial charge in [0, 0.05) is 25.2 Å². The highest BCUT2D eigenvalue weighted by Gasteiger charge is 2.27. The first-order valence-electron chi connectivity index (χ1n) is 11.0. The monoisotopic (exact) mass is 423 g/mol. The molecule has 0 spiro atoms. The number of aryl methyl sites for hydroxylation is 1. The number of nitrogens with one attached hydrogen (secondary N) is 2. The fraction of sp³-hybridized carbons (Fsp3) is 0.440. The van der Waals surface area contributed by atoms with Crippen molar-refractivity contribution in [2.24, 2.45) is 5.92 Å². The van der Waals surface area contributed by atoms with Gasteiger partial charge < -0.3 is 15.4 Å². The Hall–Kier alpha value is -2.70. The van der Waals surface area contributed by atoms with Gasteiger partial charge in [-0.3, -0.25) is 14.5 Å². The van der Waals surface area contributed by atoms with Crippen molar-refractivity contribution < 1.29 is 14.3 Å². The molecule has 2 unspecified atom stereocenters. The van der Waals surface area contributed by atoms with E-state index in [4.69, 9.17) is 4.74 Å². The zero-order valence-corrected chi connectivity index (χ0v) is 18.6. The van der Waals surface area contributed by atoms with E-state index in [9.17, 15) is 9.59 Å². The third-order valence-corrected chi connectivity index (χ3v) is 5.66. The molecule has 0 aromatic heterocycles. The molecule has 1 fully saturated rings. The van der Waals surface area contributed by atoms with Gasteiger partial charge in [0.1, 0.15) is 6.04 Å². The normalized spacial score (nSPS) is 16.5. The number of ether oxygens (including phenoxy) is 1. The lowest BCUT2D eigenvalue weighted by Gasteiger charge is -2.35. The van der Waals surface area contributed by atoms with Gasteiger partial charge >= 0.3 is 0 Å². The Morgan fingerprint density at radius 2 is 1.74 bits per heavy atom. The Kier molecular flexibility index (Phi) is 8.20. The summed E-state index contributed by atoms with van der Waals surface area (Å²) in [5, 5.41) is 6.01. The summed E-state index contributed by atoms with van der Waals surface area (Å²) in [7, 11) is 0. The van der Waals surface area contributed by atoms with Crippen LogP contribution in [0.2, 0.25) is 0 Å². The third kappa shape index (κ3) is 6.39. The number of carbonyl (C=O) groups is 2. The summed E-state index contributed by atoms with van der Waals surface area (Å²) in [5.74, 6) is -0.428. The molecular formula is C25H33N3O3. The molecule has 1 saturated heterocycles. The average Bonchev–Trinajstić information content (AvgIpc) is 2.78. The van der Waals surface area contributed by atoms with E-state index < -0.39 is 6.04 Å². The Morgan fingerprint density at radius 3 is 2.39 bits per heavy atom. The summed E-state index contributed by atoms with van der Waals surface area (Å²) in [5.41, 5.74) is 2.73. The number of carbonyl (C=O) groups excluding carboxylic acids is 2. The van der Waals surface area contributed by atoms with Crippen LogP contribution in [0.1, 0.15) is 41.4 Å². The first-order valence-corrected chi connectivity index (χ1v) is 11.0. The molecule has 1 aliphatic rings. The predicted molar refractivity (Wildman–Crippen MR) is 122 cm³/mol. The van der Waals surface area contributed by atoms with E-state index in [0.29, 0.717) is 25.3 Å². The molecule has 2 aromatic carbocycles. The minimum Gasteiger partial charge on any atom is -0.379 e. The van der Waals surface area contributed by atoms with E-state index in [1.807, 2.05) is 57.2 Å². The van der Waals surface area contributed by atoms with Crippen LogP contribution in [0.4, 0.5) is 0 Å². The van der Waals surface area contributed by atoms with Crippen molar-refractivity contribution in [3.05, 3.63) is 71.3 Å². The van der Waals surface area contributed by atoms with Gasteiger partial charge in [0.2, 0.25) is 5.91 Å². The quantitative estimate of drug-likeness (QED) is 0.685. The van der Waals surface area contributed by atoms with Crippen molar-refractivity contribution in [2.75, 3.05) is 32.8 Å². The van der Waals surface area contributed by atoms with E-state index in [2.05, 4.69) is 27.7 Å². The standard InChI is InChI=1S/C25H33N3O3/c1-18(2)23(27-24(29)21-11-7-8-19(3)16-21)25(30)26-17-22(20-9-5-4-6-10-20)28-12-14-31-15-13-28/h4-11,16,18,22-23H,12-15,17H2,1-3H3,(H,26,30)(H,27,29). The summed E-state index contributed by atoms with van der Waals surface area (Å²) in [6.07, 6.45) is 0. The van der Waals surface area contributed by atoms with Crippen LogP contribution in [0.25, 0.3) is 0 Å². The summed E-state index contributed by atoms with van der Waals surface area (Å²) in [4.78, 5) is 28.1. The molecule has 3 rings (SSSR count). The highest BCUT2D eigenvalue weighted by molar-refractivity contribution is 5.97. The Morgan fingerprint density at radius 1 is 1.03 bits per heavy atom. The van der Waals surface area contributed by atoms with Crippen LogP contribution in [-0.4, -0.2) is 55.6 Å². The molecule has 0 saturated carbocycles. The zero-order valence-electron chi connectivity index (χ0n) is 18.6. The van der Waals surface area contributed by atoms with Crippen molar-refractivity contribution in [2.45, 2.75) is 32.9 Å². The molecule has 6 heteroatoms. The van der Waals surface area contributed by atoms with Crippen molar-refractivity contribution >= 4 is 11.8 Å². The van der Waals surface area contributed by atoms with Crippen molar-refractivity contribution in [3.63, 3.8) is 0 Å². The number of rotatable bonds is 8. The summed E-state index contributed by atoms with van der Waals surface area (Å²) in [6, 6.07) is 17.1. The van der Waals surface area contributed by atoms with E-state index in [1.165, 1.54) is 0 Å². The van der Waals surface area contributed by atoms with Gasteiger partial charge in [0.25, 0.3) is 5.91 Å². The molecule has 6 nitrogen and oxygen atoms in total. The first kappa shape index (κ1) is 23.0. The molecule has 2 atom stereocenters. The first-order chi connectivity index (χ1) is 15.0. The van der Waals surface area contributed by atoms with E-state index in [0.717, 1.165) is 24.2 Å². The highest BCUT2D eigenvalue weighted by Crippen LogP contribution is 2.21. The largest absolute Gasteiger partial charge is 0.379 e. The number of benzene rings is 2. The molecule has 0 bridgehead atoms. The van der Waals surface area contributed by atoms with Crippen LogP contribution in [0.5, 0.6) is 0 Å². The van der Waals surface area contributed by atoms with Gasteiger partial charge in [-0.2, -0.15) is 0 Å². The number of amides is 2. The number of morpholine rings is 1. The van der Waals surface area contributed by atoms with Crippen molar-refractivity contribution in [3.8, 4) is 0 Å². The summed E-state index contributed by atoms with van der Waals surface area (Å²) >= 11 is 0. The maximum atomic E-state index is 13.1. The van der Waals surface area contributed by atoms with Gasteiger partial charge in [-0.15, -0.1) is 0 Å². The Labute approximate surface area is 185 Å². The lowest BCUT2D eigenvalue weighted by atomic mass is 10.0. The minimum absolute atomic E-state index is 0.0349. The van der Waals surface area contributed by atoms with Gasteiger partial charge in [-0.05, 0) is 30.5 Å². The zero-order chi connectivity index (χ0) is 22.2. The fourth-order valence-corrected chi connectivity index (χ4v) is 3.88. The number of hydrogen-bond acceptors (Lipinski definition) is 4. The molecule has 0 aliphatic carbocycles. The molecule has 31 heavy (non-hydrogen) atoms. The second-order valence-corrected chi connectivity index (χ2v) is 8.38. The van der Waals surface area contributed by atoms with Crippen LogP contribution >= 0.6 is 0 Å². The SMILES string of the molecule is Cc1cccc(C(=O)NC(C(=O)NCC(c2ccccc2)N2CCOCC2)C(C)C)c1. The van der Waals surface area contributed by atoms with Crippen LogP contribution in [0, 0.1) is 12.8 Å². The van der Waals surface area contributed by atoms with Crippen molar-refractivity contribution in [1.82, 2.24) is 15.5 Å². The van der Waals surface area contributed by atoms with Crippen LogP contribution in [-0.2, 0) is 9.53 Å². The summed E-state index contributed by atoms with van der Waals surface area (Å²) < 4.78 is 5.50. The third-order valence-electron chi connectivity index (χ3n) is 5.66. The van der Waals surface area contributed by atoms with Crippen LogP contribution in [0.3, 0.4) is 0 Å². The molecule has 166 valence electrons. The van der Waals surface area contributed by atoms with Crippen LogP contribution in [0.15, 0.2) is 54.6 Å². The smallest absolute Gasteiger partial charge is 0.251 e. The molecule has 2 aromatic rings. The number of nitrogens with zero attached hydrogens (tertiary/aromatic N) is 1. The molecule has 1 aliphatic heterocycles. The topological polar surface area (TPSA) is 70.7 Å². The van der Waals surface area contributed by atoms with Gasteiger partial charge in [0.05, 0.1) is 19.3 Å². The predicted octanol–water partition coefficient (Wildman–Crippen LogP) is 2.94. The molecule has 1 heterocycles. The highest BCUT2D eigenvalue weighted by atomic mass is 16.5. The molecule has 2 amide bonds. The van der Waals surface area contributed by atoms with Gasteiger partial charge in [-0.1, -0.05) is 61.9 Å². The fourth-order valence-electron chi connectivity index (χ4n) is 3.88. The summed E-state index contributed by atoms with van der Waals surface area (Å²) in [6.45, 7) is 9.34. The van der Waals surface area contributed by atoms with E-state index >= 15 is 0 Å².